The first-order chi connectivity index (χ1) is 14.4. The lowest BCUT2D eigenvalue weighted by atomic mass is 10.1. The van der Waals surface area contributed by atoms with Crippen LogP contribution in [0.3, 0.4) is 0 Å². The third-order valence-electron chi connectivity index (χ3n) is 5.22. The van der Waals surface area contributed by atoms with Gasteiger partial charge in [-0.2, -0.15) is 0 Å². The van der Waals surface area contributed by atoms with Gasteiger partial charge in [0.15, 0.2) is 0 Å². The number of anilines is 2. The van der Waals surface area contributed by atoms with E-state index in [4.69, 9.17) is 0 Å². The maximum Gasteiger partial charge on any atom is 0.336 e. The highest BCUT2D eigenvalue weighted by molar-refractivity contribution is 6.08. The van der Waals surface area contributed by atoms with Crippen molar-refractivity contribution in [2.75, 3.05) is 43.4 Å². The van der Waals surface area contributed by atoms with Crippen molar-refractivity contribution in [1.82, 2.24) is 9.88 Å². The summed E-state index contributed by atoms with van der Waals surface area (Å²) >= 11 is 0. The van der Waals surface area contributed by atoms with Crippen LogP contribution in [0.4, 0.5) is 15.9 Å². The molecule has 1 fully saturated rings. The molecule has 3 aromatic rings. The van der Waals surface area contributed by atoms with E-state index in [1.54, 1.807) is 24.3 Å². The van der Waals surface area contributed by atoms with E-state index in [0.717, 1.165) is 26.2 Å². The van der Waals surface area contributed by atoms with E-state index in [2.05, 4.69) is 27.1 Å². The summed E-state index contributed by atoms with van der Waals surface area (Å²) in [5.41, 5.74) is 1.42. The zero-order chi connectivity index (χ0) is 21.3. The SMILES string of the molecule is CN1CCN(c2cc(C(=O)O)c3cc(NC(=O)c4ccc(F)cc4)ccc3n2)CC1. The largest absolute Gasteiger partial charge is 0.478 e. The van der Waals surface area contributed by atoms with Crippen LogP contribution in [0.2, 0.25) is 0 Å². The van der Waals surface area contributed by atoms with Crippen LogP contribution in [0.25, 0.3) is 10.9 Å². The summed E-state index contributed by atoms with van der Waals surface area (Å²) in [5, 5.41) is 12.9. The Bertz CT molecular complexity index is 1110. The van der Waals surface area contributed by atoms with Gasteiger partial charge in [0, 0.05) is 42.8 Å². The van der Waals surface area contributed by atoms with Crippen LogP contribution in [0, 0.1) is 5.82 Å². The number of fused-ring (bicyclic) bond motifs is 1. The average Bonchev–Trinajstić information content (AvgIpc) is 2.74. The van der Waals surface area contributed by atoms with Gasteiger partial charge in [-0.3, -0.25) is 4.79 Å². The summed E-state index contributed by atoms with van der Waals surface area (Å²) in [4.78, 5) is 33.2. The molecule has 8 heteroatoms. The molecule has 2 heterocycles. The van der Waals surface area contributed by atoms with Gasteiger partial charge in [0.05, 0.1) is 11.1 Å². The highest BCUT2D eigenvalue weighted by atomic mass is 19.1. The minimum absolute atomic E-state index is 0.131. The zero-order valence-corrected chi connectivity index (χ0v) is 16.4. The Hall–Kier alpha value is -3.52. The fourth-order valence-corrected chi connectivity index (χ4v) is 3.47. The molecule has 0 radical (unpaired) electrons. The van der Waals surface area contributed by atoms with E-state index in [-0.39, 0.29) is 5.56 Å². The predicted molar refractivity (Wildman–Crippen MR) is 113 cm³/mol. The van der Waals surface area contributed by atoms with Gasteiger partial charge in [0.25, 0.3) is 5.91 Å². The summed E-state index contributed by atoms with van der Waals surface area (Å²) in [7, 11) is 2.05. The number of carbonyl (C=O) groups excluding carboxylic acids is 1. The molecule has 1 aliphatic rings. The van der Waals surface area contributed by atoms with Crippen molar-refractivity contribution in [1.29, 1.82) is 0 Å². The van der Waals surface area contributed by atoms with E-state index in [9.17, 15) is 19.1 Å². The van der Waals surface area contributed by atoms with Crippen LogP contribution in [0.5, 0.6) is 0 Å². The molecule has 0 bridgehead atoms. The van der Waals surface area contributed by atoms with Crippen molar-refractivity contribution in [3.8, 4) is 0 Å². The van der Waals surface area contributed by atoms with E-state index in [1.807, 2.05) is 0 Å². The number of halogens is 1. The summed E-state index contributed by atoms with van der Waals surface area (Å²) in [5.74, 6) is -1.25. The molecule has 0 atom stereocenters. The van der Waals surface area contributed by atoms with Crippen LogP contribution in [-0.4, -0.2) is 60.1 Å². The van der Waals surface area contributed by atoms with Crippen molar-refractivity contribution < 1.29 is 19.1 Å². The Morgan fingerprint density at radius 2 is 1.73 bits per heavy atom. The van der Waals surface area contributed by atoms with Gasteiger partial charge >= 0.3 is 5.97 Å². The quantitative estimate of drug-likeness (QED) is 0.690. The molecule has 4 rings (SSSR count). The number of carboxylic acid groups (broad SMARTS) is 1. The fraction of sp³-hybridized carbons (Fsp3) is 0.227. The van der Waals surface area contributed by atoms with Crippen molar-refractivity contribution >= 4 is 34.3 Å². The van der Waals surface area contributed by atoms with Gasteiger partial charge in [0.2, 0.25) is 0 Å². The minimum Gasteiger partial charge on any atom is -0.478 e. The number of piperazine rings is 1. The topological polar surface area (TPSA) is 85.8 Å². The lowest BCUT2D eigenvalue weighted by Crippen LogP contribution is -2.44. The number of nitrogens with one attached hydrogen (secondary N) is 1. The molecule has 0 unspecified atom stereocenters. The summed E-state index contributed by atoms with van der Waals surface area (Å²) < 4.78 is 13.1. The average molecular weight is 408 g/mol. The second-order valence-electron chi connectivity index (χ2n) is 7.32. The molecule has 0 aliphatic carbocycles. The zero-order valence-electron chi connectivity index (χ0n) is 16.4. The Labute approximate surface area is 172 Å². The van der Waals surface area contributed by atoms with Crippen LogP contribution >= 0.6 is 0 Å². The van der Waals surface area contributed by atoms with Crippen molar-refractivity contribution in [3.63, 3.8) is 0 Å². The number of aromatic nitrogens is 1. The molecule has 7 nitrogen and oxygen atoms in total. The van der Waals surface area contributed by atoms with Crippen molar-refractivity contribution in [3.05, 3.63) is 65.5 Å². The minimum atomic E-state index is -1.06. The predicted octanol–water partition coefficient (Wildman–Crippen LogP) is 3.08. The standard InChI is InChI=1S/C22H21FN4O3/c1-26-8-10-27(11-9-26)20-13-18(22(29)30)17-12-16(6-7-19(17)25-20)24-21(28)14-2-4-15(23)5-3-14/h2-7,12-13H,8-11H2,1H3,(H,24,28)(H,29,30). The number of hydrogen-bond donors (Lipinski definition) is 2. The summed E-state index contributed by atoms with van der Waals surface area (Å²) in [6, 6.07) is 11.8. The lowest BCUT2D eigenvalue weighted by Gasteiger charge is -2.33. The first kappa shape index (κ1) is 19.8. The molecule has 30 heavy (non-hydrogen) atoms. The Kier molecular flexibility index (Phi) is 5.33. The molecule has 1 saturated heterocycles. The van der Waals surface area contributed by atoms with E-state index < -0.39 is 17.7 Å². The highest BCUT2D eigenvalue weighted by Gasteiger charge is 2.19. The molecule has 1 amide bonds. The van der Waals surface area contributed by atoms with Gasteiger partial charge in [0.1, 0.15) is 11.6 Å². The number of rotatable bonds is 4. The number of carbonyl (C=O) groups is 2. The number of carboxylic acids is 1. The molecule has 0 spiro atoms. The molecular weight excluding hydrogens is 387 g/mol. The Morgan fingerprint density at radius 1 is 1.03 bits per heavy atom. The van der Waals surface area contributed by atoms with Crippen LogP contribution in [0.15, 0.2) is 48.5 Å². The second kappa shape index (κ2) is 8.08. The maximum atomic E-state index is 13.1. The van der Waals surface area contributed by atoms with Crippen molar-refractivity contribution in [2.45, 2.75) is 0 Å². The number of pyridine rings is 1. The molecule has 2 N–H and O–H groups in total. The molecular formula is C22H21FN4O3. The Balaban J connectivity index is 1.65. The van der Waals surface area contributed by atoms with E-state index >= 15 is 0 Å². The summed E-state index contributed by atoms with van der Waals surface area (Å²) in [6.07, 6.45) is 0. The van der Waals surface area contributed by atoms with Crippen LogP contribution in [0.1, 0.15) is 20.7 Å². The highest BCUT2D eigenvalue weighted by Crippen LogP contribution is 2.27. The number of hydrogen-bond acceptors (Lipinski definition) is 5. The monoisotopic (exact) mass is 408 g/mol. The molecule has 2 aromatic carbocycles. The third kappa shape index (κ3) is 4.08. The van der Waals surface area contributed by atoms with Crippen LogP contribution in [-0.2, 0) is 0 Å². The number of aromatic carboxylic acids is 1. The number of benzene rings is 2. The third-order valence-corrected chi connectivity index (χ3v) is 5.22. The summed E-state index contributed by atoms with van der Waals surface area (Å²) in [6.45, 7) is 3.33. The molecule has 1 aliphatic heterocycles. The number of nitrogens with zero attached hydrogens (tertiary/aromatic N) is 3. The first-order valence-electron chi connectivity index (χ1n) is 9.59. The number of amides is 1. The van der Waals surface area contributed by atoms with Crippen molar-refractivity contribution in [2.24, 2.45) is 0 Å². The molecule has 1 aromatic heterocycles. The van der Waals surface area contributed by atoms with E-state index in [1.165, 1.54) is 24.3 Å². The smallest absolute Gasteiger partial charge is 0.336 e. The van der Waals surface area contributed by atoms with E-state index in [0.29, 0.717) is 28.0 Å². The molecule has 154 valence electrons. The maximum absolute atomic E-state index is 13.1. The van der Waals surface area contributed by atoms with Gasteiger partial charge in [-0.25, -0.2) is 14.2 Å². The van der Waals surface area contributed by atoms with Gasteiger partial charge < -0.3 is 20.2 Å². The normalized spacial score (nSPS) is 14.7. The fourth-order valence-electron chi connectivity index (χ4n) is 3.47. The lowest BCUT2D eigenvalue weighted by molar-refractivity contribution is 0.0698. The van der Waals surface area contributed by atoms with Gasteiger partial charge in [-0.05, 0) is 55.6 Å². The van der Waals surface area contributed by atoms with Gasteiger partial charge in [-0.15, -0.1) is 0 Å². The molecule has 0 saturated carbocycles. The van der Waals surface area contributed by atoms with Crippen LogP contribution < -0.4 is 10.2 Å². The van der Waals surface area contributed by atoms with Gasteiger partial charge in [-0.1, -0.05) is 0 Å². The first-order valence-corrected chi connectivity index (χ1v) is 9.59. The Morgan fingerprint density at radius 3 is 2.40 bits per heavy atom. The second-order valence-corrected chi connectivity index (χ2v) is 7.32. The number of likely N-dealkylation sites (N-methyl/N-ethyl adjacent to an activating group) is 1.